The molecule has 1 saturated heterocycles. The molecule has 1 aliphatic rings. The van der Waals surface area contributed by atoms with Crippen LogP contribution in [0.3, 0.4) is 0 Å². The van der Waals surface area contributed by atoms with Gasteiger partial charge in [0.05, 0.1) is 6.26 Å². The summed E-state index contributed by atoms with van der Waals surface area (Å²) in [4.78, 5) is 11.5. The monoisotopic (exact) mass is 393 g/mol. The Morgan fingerprint density at radius 3 is 2.93 bits per heavy atom. The third-order valence-corrected chi connectivity index (χ3v) is 4.93. The maximum absolute atomic E-state index is 5.33. The molecule has 1 fully saturated rings. The molecule has 0 aliphatic carbocycles. The Balaban J connectivity index is 1.36. The number of aromatic nitrogens is 3. The van der Waals surface area contributed by atoms with Crippen molar-refractivity contribution >= 4 is 11.6 Å². The van der Waals surface area contributed by atoms with E-state index >= 15 is 0 Å². The van der Waals surface area contributed by atoms with Gasteiger partial charge in [0, 0.05) is 31.4 Å². The van der Waals surface area contributed by atoms with E-state index in [0.717, 1.165) is 32.0 Å². The van der Waals surface area contributed by atoms with Crippen molar-refractivity contribution in [3.63, 3.8) is 0 Å². The van der Waals surface area contributed by atoms with Crippen LogP contribution < -0.4 is 15.5 Å². The maximum atomic E-state index is 5.33. The highest BCUT2D eigenvalue weighted by Crippen LogP contribution is 2.20. The van der Waals surface area contributed by atoms with Gasteiger partial charge in [0.25, 0.3) is 0 Å². The normalized spacial score (nSPS) is 17.0. The molecule has 29 heavy (non-hydrogen) atoms. The lowest BCUT2D eigenvalue weighted by Crippen LogP contribution is -2.44. The zero-order valence-electron chi connectivity index (χ0n) is 16.9. The summed E-state index contributed by atoms with van der Waals surface area (Å²) in [6.45, 7) is 7.39. The van der Waals surface area contributed by atoms with E-state index in [-0.39, 0.29) is 0 Å². The van der Waals surface area contributed by atoms with Crippen molar-refractivity contribution in [1.82, 2.24) is 25.8 Å². The number of anilines is 1. The summed E-state index contributed by atoms with van der Waals surface area (Å²) >= 11 is 0. The minimum atomic E-state index is 0.350. The highest BCUT2D eigenvalue weighted by Gasteiger charge is 2.23. The van der Waals surface area contributed by atoms with E-state index in [4.69, 9.17) is 4.42 Å². The molecule has 0 spiro atoms. The van der Waals surface area contributed by atoms with Gasteiger partial charge in [-0.25, -0.2) is 9.98 Å². The van der Waals surface area contributed by atoms with E-state index in [1.54, 1.807) is 6.26 Å². The van der Waals surface area contributed by atoms with Crippen LogP contribution in [-0.4, -0.2) is 46.8 Å². The van der Waals surface area contributed by atoms with Crippen LogP contribution in [0.1, 0.15) is 24.7 Å². The largest absolute Gasteiger partial charge is 0.461 e. The quantitative estimate of drug-likeness (QED) is 0.440. The third-order valence-electron chi connectivity index (χ3n) is 4.93. The lowest BCUT2D eigenvalue weighted by molar-refractivity contribution is 0.577. The van der Waals surface area contributed by atoms with Gasteiger partial charge in [-0.3, -0.25) is 5.10 Å². The first-order valence-electron chi connectivity index (χ1n) is 10.0. The van der Waals surface area contributed by atoms with Crippen molar-refractivity contribution in [2.24, 2.45) is 4.99 Å². The second-order valence-electron chi connectivity index (χ2n) is 7.19. The van der Waals surface area contributed by atoms with Crippen LogP contribution >= 0.6 is 0 Å². The topological polar surface area (TPSA) is 94.4 Å². The summed E-state index contributed by atoms with van der Waals surface area (Å²) in [7, 11) is 0. The lowest BCUT2D eigenvalue weighted by Gasteiger charge is -2.20. The SMILES string of the molecule is CCNC(=NCc1nc(-c2ccco2)n[nH]1)NC1CCN(c2ccc(C)cc2)C1. The van der Waals surface area contributed by atoms with Crippen LogP contribution in [0.4, 0.5) is 5.69 Å². The van der Waals surface area contributed by atoms with Crippen LogP contribution in [0.2, 0.25) is 0 Å². The summed E-state index contributed by atoms with van der Waals surface area (Å²) in [5.74, 6) is 2.67. The van der Waals surface area contributed by atoms with E-state index < -0.39 is 0 Å². The molecule has 8 heteroatoms. The van der Waals surface area contributed by atoms with Crippen molar-refractivity contribution in [3.05, 3.63) is 54.0 Å². The lowest BCUT2D eigenvalue weighted by atomic mass is 10.2. The Labute approximate surface area is 170 Å². The predicted octanol–water partition coefficient (Wildman–Crippen LogP) is 2.71. The maximum Gasteiger partial charge on any atom is 0.216 e. The summed E-state index contributed by atoms with van der Waals surface area (Å²) < 4.78 is 5.33. The van der Waals surface area contributed by atoms with Crippen LogP contribution in [-0.2, 0) is 6.54 Å². The molecular formula is C21H27N7O. The van der Waals surface area contributed by atoms with Crippen LogP contribution in [0.15, 0.2) is 52.1 Å². The number of hydrogen-bond donors (Lipinski definition) is 3. The fraction of sp³-hybridized carbons (Fsp3) is 0.381. The first-order valence-corrected chi connectivity index (χ1v) is 10.0. The minimum Gasteiger partial charge on any atom is -0.461 e. The molecule has 1 aliphatic heterocycles. The fourth-order valence-corrected chi connectivity index (χ4v) is 3.42. The Hall–Kier alpha value is -3.29. The highest BCUT2D eigenvalue weighted by atomic mass is 16.3. The van der Waals surface area contributed by atoms with Crippen LogP contribution in [0.5, 0.6) is 0 Å². The van der Waals surface area contributed by atoms with Crippen molar-refractivity contribution in [2.75, 3.05) is 24.5 Å². The highest BCUT2D eigenvalue weighted by molar-refractivity contribution is 5.80. The van der Waals surface area contributed by atoms with Gasteiger partial charge in [0.1, 0.15) is 12.4 Å². The van der Waals surface area contributed by atoms with E-state index in [0.29, 0.717) is 30.0 Å². The van der Waals surface area contributed by atoms with Gasteiger partial charge in [-0.15, -0.1) is 5.10 Å². The second-order valence-corrected chi connectivity index (χ2v) is 7.19. The van der Waals surface area contributed by atoms with Gasteiger partial charge in [0.2, 0.25) is 5.82 Å². The Morgan fingerprint density at radius 1 is 1.31 bits per heavy atom. The molecule has 4 rings (SSSR count). The van der Waals surface area contributed by atoms with Crippen molar-refractivity contribution in [3.8, 4) is 11.6 Å². The van der Waals surface area contributed by atoms with Gasteiger partial charge in [-0.2, -0.15) is 0 Å². The zero-order chi connectivity index (χ0) is 20.1. The van der Waals surface area contributed by atoms with Gasteiger partial charge in [-0.1, -0.05) is 17.7 Å². The first kappa shape index (κ1) is 19.0. The number of H-pyrrole nitrogens is 1. The number of nitrogens with one attached hydrogen (secondary N) is 3. The number of aliphatic imine (C=N–C) groups is 1. The smallest absolute Gasteiger partial charge is 0.216 e. The van der Waals surface area contributed by atoms with Crippen molar-refractivity contribution in [2.45, 2.75) is 32.9 Å². The van der Waals surface area contributed by atoms with Crippen LogP contribution in [0.25, 0.3) is 11.6 Å². The molecule has 0 amide bonds. The molecule has 1 unspecified atom stereocenters. The third kappa shape index (κ3) is 4.77. The number of aromatic amines is 1. The Kier molecular flexibility index (Phi) is 5.79. The Bertz CT molecular complexity index is 930. The van der Waals surface area contributed by atoms with Gasteiger partial charge < -0.3 is 20.0 Å². The number of aryl methyl sites for hydroxylation is 1. The standard InChI is InChI=1S/C21H27N7O/c1-3-22-21(23-13-19-25-20(27-26-19)18-5-4-12-29-18)24-16-10-11-28(14-16)17-8-6-15(2)7-9-17/h4-9,12,16H,3,10-11,13-14H2,1-2H3,(H2,22,23,24)(H,25,26,27). The number of rotatable bonds is 6. The van der Waals surface area contributed by atoms with E-state index in [2.05, 4.69) is 73.8 Å². The first-order chi connectivity index (χ1) is 14.2. The molecule has 8 nitrogen and oxygen atoms in total. The molecule has 0 saturated carbocycles. The number of guanidine groups is 1. The van der Waals surface area contributed by atoms with E-state index in [1.807, 2.05) is 12.1 Å². The molecule has 1 aromatic carbocycles. The molecule has 3 heterocycles. The van der Waals surface area contributed by atoms with Gasteiger partial charge >= 0.3 is 0 Å². The summed E-state index contributed by atoms with van der Waals surface area (Å²) in [5, 5.41) is 14.0. The summed E-state index contributed by atoms with van der Waals surface area (Å²) in [5.41, 5.74) is 2.56. The van der Waals surface area contributed by atoms with E-state index in [1.165, 1.54) is 11.3 Å². The van der Waals surface area contributed by atoms with E-state index in [9.17, 15) is 0 Å². The molecule has 0 bridgehead atoms. The van der Waals surface area contributed by atoms with Crippen molar-refractivity contribution < 1.29 is 4.42 Å². The van der Waals surface area contributed by atoms with Crippen LogP contribution in [0, 0.1) is 6.92 Å². The van der Waals surface area contributed by atoms with Gasteiger partial charge in [-0.05, 0) is 44.5 Å². The minimum absolute atomic E-state index is 0.350. The molecule has 1 atom stereocenters. The second kappa shape index (κ2) is 8.81. The molecule has 2 aromatic heterocycles. The predicted molar refractivity (Wildman–Crippen MR) is 114 cm³/mol. The average molecular weight is 393 g/mol. The molecule has 3 aromatic rings. The molecule has 0 radical (unpaired) electrons. The molecular weight excluding hydrogens is 366 g/mol. The molecule has 3 N–H and O–H groups in total. The number of benzene rings is 1. The number of furan rings is 1. The average Bonchev–Trinajstić information content (AvgIpc) is 3.48. The fourth-order valence-electron chi connectivity index (χ4n) is 3.42. The molecule has 152 valence electrons. The number of hydrogen-bond acceptors (Lipinski definition) is 5. The Morgan fingerprint density at radius 2 is 2.17 bits per heavy atom. The zero-order valence-corrected chi connectivity index (χ0v) is 16.9. The summed E-state index contributed by atoms with van der Waals surface area (Å²) in [6, 6.07) is 12.7. The van der Waals surface area contributed by atoms with Crippen molar-refractivity contribution in [1.29, 1.82) is 0 Å². The number of nitrogens with zero attached hydrogens (tertiary/aromatic N) is 4. The summed E-state index contributed by atoms with van der Waals surface area (Å²) in [6.07, 6.45) is 2.68. The van der Waals surface area contributed by atoms with Gasteiger partial charge in [0.15, 0.2) is 11.7 Å².